The Hall–Kier alpha value is -0.900. The van der Waals surface area contributed by atoms with Crippen LogP contribution in [0.4, 0.5) is 0 Å². The predicted octanol–water partition coefficient (Wildman–Crippen LogP) is 4.70. The molecule has 1 aliphatic heterocycles. The van der Waals surface area contributed by atoms with Crippen molar-refractivity contribution in [2.75, 3.05) is 19.6 Å². The number of rotatable bonds is 9. The first-order valence-corrected chi connectivity index (χ1v) is 9.42. The standard InChI is InChI=1S/C20H34N2O/c1-3-4-9-18-12-15-22(16-13-18)14-7-11-20(21-23)19-10-6-5-8-17(19)2/h5-6,8,10,18,20-21,23H,3-4,7,9,11-16H2,1-2H3. The predicted molar refractivity (Wildman–Crippen MR) is 96.8 cm³/mol. The van der Waals surface area contributed by atoms with Gasteiger partial charge in [-0.1, -0.05) is 50.5 Å². The van der Waals surface area contributed by atoms with Crippen LogP contribution in [0.25, 0.3) is 0 Å². The SMILES string of the molecule is CCCCC1CCN(CCCC(NO)c2ccccc2C)CC1. The van der Waals surface area contributed by atoms with E-state index >= 15 is 0 Å². The molecule has 0 aliphatic carbocycles. The molecule has 0 spiro atoms. The summed E-state index contributed by atoms with van der Waals surface area (Å²) >= 11 is 0. The molecule has 1 atom stereocenters. The second kappa shape index (κ2) is 10.1. The van der Waals surface area contributed by atoms with Gasteiger partial charge in [-0.3, -0.25) is 0 Å². The quantitative estimate of drug-likeness (QED) is 0.648. The summed E-state index contributed by atoms with van der Waals surface area (Å²) in [4.78, 5) is 2.61. The maximum atomic E-state index is 9.49. The lowest BCUT2D eigenvalue weighted by atomic mass is 9.91. The Morgan fingerprint density at radius 3 is 2.61 bits per heavy atom. The summed E-state index contributed by atoms with van der Waals surface area (Å²) in [6.07, 6.45) is 9.01. The zero-order valence-electron chi connectivity index (χ0n) is 14.9. The first-order chi connectivity index (χ1) is 11.2. The molecule has 23 heavy (non-hydrogen) atoms. The van der Waals surface area contributed by atoms with Gasteiger partial charge in [0.25, 0.3) is 0 Å². The van der Waals surface area contributed by atoms with Crippen molar-refractivity contribution in [3.63, 3.8) is 0 Å². The van der Waals surface area contributed by atoms with E-state index in [4.69, 9.17) is 0 Å². The summed E-state index contributed by atoms with van der Waals surface area (Å²) in [6.45, 7) is 8.08. The normalized spacial score (nSPS) is 18.2. The van der Waals surface area contributed by atoms with Crippen LogP contribution in [0, 0.1) is 12.8 Å². The maximum Gasteiger partial charge on any atom is 0.0572 e. The van der Waals surface area contributed by atoms with Crippen LogP contribution in [0.1, 0.15) is 69.0 Å². The molecule has 0 amide bonds. The van der Waals surface area contributed by atoms with E-state index in [2.05, 4.69) is 42.4 Å². The number of hydrogen-bond donors (Lipinski definition) is 2. The molecule has 1 saturated heterocycles. The molecular weight excluding hydrogens is 284 g/mol. The molecule has 130 valence electrons. The van der Waals surface area contributed by atoms with Crippen LogP contribution in [0.2, 0.25) is 0 Å². The zero-order chi connectivity index (χ0) is 16.5. The van der Waals surface area contributed by atoms with Crippen molar-refractivity contribution in [3.8, 4) is 0 Å². The number of likely N-dealkylation sites (tertiary alicyclic amines) is 1. The smallest absolute Gasteiger partial charge is 0.0572 e. The van der Waals surface area contributed by atoms with Crippen LogP contribution < -0.4 is 5.48 Å². The van der Waals surface area contributed by atoms with E-state index in [-0.39, 0.29) is 6.04 Å². The van der Waals surface area contributed by atoms with E-state index in [1.165, 1.54) is 56.3 Å². The van der Waals surface area contributed by atoms with Gasteiger partial charge in [-0.05, 0) is 69.3 Å². The van der Waals surface area contributed by atoms with Crippen molar-refractivity contribution in [2.24, 2.45) is 5.92 Å². The Bertz CT molecular complexity index is 441. The van der Waals surface area contributed by atoms with Gasteiger partial charge in [0.15, 0.2) is 0 Å². The maximum absolute atomic E-state index is 9.49. The average Bonchev–Trinajstić information content (AvgIpc) is 2.59. The molecule has 0 aromatic heterocycles. The molecule has 1 aromatic rings. The van der Waals surface area contributed by atoms with Crippen molar-refractivity contribution >= 4 is 0 Å². The summed E-state index contributed by atoms with van der Waals surface area (Å²) in [5, 5.41) is 9.49. The van der Waals surface area contributed by atoms with Gasteiger partial charge in [0, 0.05) is 0 Å². The Balaban J connectivity index is 1.69. The highest BCUT2D eigenvalue weighted by molar-refractivity contribution is 5.28. The van der Waals surface area contributed by atoms with Crippen molar-refractivity contribution in [2.45, 2.75) is 64.8 Å². The third-order valence-electron chi connectivity index (χ3n) is 5.36. The number of aryl methyl sites for hydroxylation is 1. The van der Waals surface area contributed by atoms with Crippen molar-refractivity contribution in [1.29, 1.82) is 0 Å². The largest absolute Gasteiger partial charge is 0.316 e. The van der Waals surface area contributed by atoms with Gasteiger partial charge in [0.2, 0.25) is 0 Å². The van der Waals surface area contributed by atoms with Crippen LogP contribution in [0.3, 0.4) is 0 Å². The highest BCUT2D eigenvalue weighted by Gasteiger charge is 2.19. The highest BCUT2D eigenvalue weighted by Crippen LogP contribution is 2.24. The van der Waals surface area contributed by atoms with Crippen molar-refractivity contribution in [1.82, 2.24) is 10.4 Å². The Morgan fingerprint density at radius 1 is 1.22 bits per heavy atom. The van der Waals surface area contributed by atoms with Crippen molar-refractivity contribution in [3.05, 3.63) is 35.4 Å². The van der Waals surface area contributed by atoms with Crippen molar-refractivity contribution < 1.29 is 5.21 Å². The third-order valence-corrected chi connectivity index (χ3v) is 5.36. The molecule has 0 saturated carbocycles. The second-order valence-corrected chi connectivity index (χ2v) is 7.11. The third kappa shape index (κ3) is 5.91. The molecule has 1 aromatic carbocycles. The minimum atomic E-state index is 0.0540. The lowest BCUT2D eigenvalue weighted by Crippen LogP contribution is -2.34. The molecule has 1 heterocycles. The molecule has 1 fully saturated rings. The van der Waals surface area contributed by atoms with Crippen LogP contribution in [0.15, 0.2) is 24.3 Å². The van der Waals surface area contributed by atoms with Gasteiger partial charge in [-0.2, -0.15) is 5.48 Å². The van der Waals surface area contributed by atoms with Gasteiger partial charge in [0.05, 0.1) is 6.04 Å². The van der Waals surface area contributed by atoms with Gasteiger partial charge in [-0.15, -0.1) is 0 Å². The lowest BCUT2D eigenvalue weighted by molar-refractivity contribution is 0.115. The zero-order valence-corrected chi connectivity index (χ0v) is 14.9. The van der Waals surface area contributed by atoms with E-state index in [1.807, 2.05) is 6.07 Å². The number of hydroxylamine groups is 1. The van der Waals surface area contributed by atoms with Crippen LogP contribution in [-0.4, -0.2) is 29.7 Å². The number of nitrogens with zero attached hydrogens (tertiary/aromatic N) is 1. The Morgan fingerprint density at radius 2 is 1.96 bits per heavy atom. The van der Waals surface area contributed by atoms with E-state index in [1.54, 1.807) is 0 Å². The lowest BCUT2D eigenvalue weighted by Gasteiger charge is -2.32. The Labute approximate surface area is 142 Å². The van der Waals surface area contributed by atoms with E-state index in [9.17, 15) is 5.21 Å². The summed E-state index contributed by atoms with van der Waals surface area (Å²) < 4.78 is 0. The fraction of sp³-hybridized carbons (Fsp3) is 0.700. The molecule has 1 unspecified atom stereocenters. The first kappa shape index (κ1) is 18.4. The summed E-state index contributed by atoms with van der Waals surface area (Å²) in [7, 11) is 0. The average molecular weight is 319 g/mol. The minimum Gasteiger partial charge on any atom is -0.316 e. The fourth-order valence-electron chi connectivity index (χ4n) is 3.78. The summed E-state index contributed by atoms with van der Waals surface area (Å²) in [5.41, 5.74) is 4.97. The Kier molecular flexibility index (Phi) is 8.07. The summed E-state index contributed by atoms with van der Waals surface area (Å²) in [6, 6.07) is 8.38. The number of hydrogen-bond acceptors (Lipinski definition) is 3. The van der Waals surface area contributed by atoms with Gasteiger partial charge < -0.3 is 10.1 Å². The molecular formula is C20H34N2O. The molecule has 2 rings (SSSR count). The van der Waals surface area contributed by atoms with E-state index < -0.39 is 0 Å². The molecule has 0 bridgehead atoms. The van der Waals surface area contributed by atoms with Crippen LogP contribution in [0.5, 0.6) is 0 Å². The molecule has 1 aliphatic rings. The number of unbranched alkanes of at least 4 members (excludes halogenated alkanes) is 1. The fourth-order valence-corrected chi connectivity index (χ4v) is 3.78. The topological polar surface area (TPSA) is 35.5 Å². The van der Waals surface area contributed by atoms with Crippen LogP contribution in [-0.2, 0) is 0 Å². The highest BCUT2D eigenvalue weighted by atomic mass is 16.5. The molecule has 3 heteroatoms. The molecule has 3 nitrogen and oxygen atoms in total. The minimum absolute atomic E-state index is 0.0540. The second-order valence-electron chi connectivity index (χ2n) is 7.11. The molecule has 2 N–H and O–H groups in total. The number of nitrogens with one attached hydrogen (secondary N) is 1. The van der Waals surface area contributed by atoms with Gasteiger partial charge >= 0.3 is 0 Å². The van der Waals surface area contributed by atoms with Gasteiger partial charge in [-0.25, -0.2) is 0 Å². The number of piperidine rings is 1. The summed E-state index contributed by atoms with van der Waals surface area (Å²) in [5.74, 6) is 0.963. The van der Waals surface area contributed by atoms with E-state index in [0.717, 1.165) is 25.3 Å². The number of benzene rings is 1. The van der Waals surface area contributed by atoms with Crippen LogP contribution >= 0.6 is 0 Å². The van der Waals surface area contributed by atoms with Gasteiger partial charge in [0.1, 0.15) is 0 Å². The van der Waals surface area contributed by atoms with E-state index in [0.29, 0.717) is 0 Å². The monoisotopic (exact) mass is 318 g/mol. The first-order valence-electron chi connectivity index (χ1n) is 9.42. The molecule has 0 radical (unpaired) electrons.